The molecule has 2 aliphatic heterocycles. The Balaban J connectivity index is 1.40. The summed E-state index contributed by atoms with van der Waals surface area (Å²) < 4.78 is 10.9. The van der Waals surface area contributed by atoms with Crippen molar-refractivity contribution in [2.24, 2.45) is 5.92 Å². The number of nitrogens with zero attached hydrogens (tertiary/aromatic N) is 4. The van der Waals surface area contributed by atoms with Crippen molar-refractivity contribution in [3.05, 3.63) is 47.7 Å². The van der Waals surface area contributed by atoms with Gasteiger partial charge in [0.15, 0.2) is 0 Å². The molecule has 0 unspecified atom stereocenters. The minimum atomic E-state index is 0.577. The lowest BCUT2D eigenvalue weighted by atomic mass is 9.99. The largest absolute Gasteiger partial charge is 0.495 e. The van der Waals surface area contributed by atoms with Crippen molar-refractivity contribution in [1.82, 2.24) is 14.9 Å². The van der Waals surface area contributed by atoms with E-state index in [2.05, 4.69) is 57.5 Å². The van der Waals surface area contributed by atoms with Crippen LogP contribution in [-0.2, 0) is 17.7 Å². The lowest BCUT2D eigenvalue weighted by molar-refractivity contribution is 0.137. The van der Waals surface area contributed by atoms with Gasteiger partial charge in [-0.2, -0.15) is 0 Å². The molecule has 2 aliphatic rings. The highest BCUT2D eigenvalue weighted by Gasteiger charge is 2.26. The molecular weight excluding hydrogens is 390 g/mol. The SMILES string of the molecule is COCC1CN(c2ccc3cnc(Nc4cc5c(cc4OC)CCN(C)C5)nc3c2)C1. The van der Waals surface area contributed by atoms with Crippen molar-refractivity contribution in [3.8, 4) is 5.75 Å². The van der Waals surface area contributed by atoms with Crippen molar-refractivity contribution < 1.29 is 9.47 Å². The Hall–Kier alpha value is -2.90. The molecule has 0 amide bonds. The number of benzene rings is 2. The van der Waals surface area contributed by atoms with Crippen LogP contribution >= 0.6 is 0 Å². The molecule has 0 saturated carbocycles. The van der Waals surface area contributed by atoms with Gasteiger partial charge >= 0.3 is 0 Å². The van der Waals surface area contributed by atoms with E-state index in [0.29, 0.717) is 11.9 Å². The smallest absolute Gasteiger partial charge is 0.227 e. The molecule has 3 heterocycles. The van der Waals surface area contributed by atoms with Gasteiger partial charge in [0.25, 0.3) is 0 Å². The Bertz CT molecular complexity index is 1100. The normalized spacial score (nSPS) is 16.8. The van der Waals surface area contributed by atoms with Crippen molar-refractivity contribution >= 4 is 28.2 Å². The summed E-state index contributed by atoms with van der Waals surface area (Å²) in [6, 6.07) is 10.7. The van der Waals surface area contributed by atoms with Crippen LogP contribution in [0.2, 0.25) is 0 Å². The average Bonchev–Trinajstić information content (AvgIpc) is 2.75. The van der Waals surface area contributed by atoms with Crippen LogP contribution < -0.4 is 15.0 Å². The second kappa shape index (κ2) is 8.32. The fourth-order valence-electron chi connectivity index (χ4n) is 4.51. The predicted molar refractivity (Wildman–Crippen MR) is 123 cm³/mol. The van der Waals surface area contributed by atoms with E-state index in [-0.39, 0.29) is 0 Å². The van der Waals surface area contributed by atoms with Crippen LogP contribution in [0, 0.1) is 5.92 Å². The average molecular weight is 420 g/mol. The van der Waals surface area contributed by atoms with Crippen molar-refractivity contribution in [2.75, 3.05) is 57.7 Å². The van der Waals surface area contributed by atoms with Crippen LogP contribution in [0.15, 0.2) is 36.5 Å². The van der Waals surface area contributed by atoms with Crippen molar-refractivity contribution in [1.29, 1.82) is 0 Å². The van der Waals surface area contributed by atoms with Gasteiger partial charge in [-0.15, -0.1) is 0 Å². The summed E-state index contributed by atoms with van der Waals surface area (Å²) in [5.41, 5.74) is 5.70. The Morgan fingerprint density at radius 1 is 1.13 bits per heavy atom. The zero-order valence-electron chi connectivity index (χ0n) is 18.4. The Kier molecular flexibility index (Phi) is 5.38. The molecule has 2 aromatic carbocycles. The van der Waals surface area contributed by atoms with Gasteiger partial charge in [-0.1, -0.05) is 0 Å². The molecule has 3 aromatic rings. The number of aromatic nitrogens is 2. The first kappa shape index (κ1) is 20.0. The summed E-state index contributed by atoms with van der Waals surface area (Å²) in [5, 5.41) is 4.42. The molecule has 0 atom stereocenters. The fourth-order valence-corrected chi connectivity index (χ4v) is 4.51. The van der Waals surface area contributed by atoms with E-state index < -0.39 is 0 Å². The van der Waals surface area contributed by atoms with E-state index in [9.17, 15) is 0 Å². The summed E-state index contributed by atoms with van der Waals surface area (Å²) in [6.07, 6.45) is 2.91. The van der Waals surface area contributed by atoms with E-state index in [1.54, 1.807) is 14.2 Å². The molecule has 1 saturated heterocycles. The Labute approximate surface area is 183 Å². The highest BCUT2D eigenvalue weighted by Crippen LogP contribution is 2.33. The molecule has 1 N–H and O–H groups in total. The highest BCUT2D eigenvalue weighted by atomic mass is 16.5. The minimum Gasteiger partial charge on any atom is -0.495 e. The number of anilines is 3. The second-order valence-electron chi connectivity index (χ2n) is 8.60. The zero-order chi connectivity index (χ0) is 21.4. The number of fused-ring (bicyclic) bond motifs is 2. The first-order valence-corrected chi connectivity index (χ1v) is 10.8. The number of nitrogens with one attached hydrogen (secondary N) is 1. The van der Waals surface area contributed by atoms with E-state index in [0.717, 1.165) is 61.5 Å². The number of rotatable bonds is 6. The Morgan fingerprint density at radius 3 is 2.81 bits per heavy atom. The number of ether oxygens (including phenoxy) is 2. The molecule has 0 spiro atoms. The lowest BCUT2D eigenvalue weighted by Crippen LogP contribution is -2.48. The summed E-state index contributed by atoms with van der Waals surface area (Å²) in [5.74, 6) is 2.01. The van der Waals surface area contributed by atoms with Crippen LogP contribution in [0.3, 0.4) is 0 Å². The number of hydrogen-bond acceptors (Lipinski definition) is 7. The van der Waals surface area contributed by atoms with Gasteiger partial charge in [-0.25, -0.2) is 9.97 Å². The molecule has 7 heteroatoms. The predicted octanol–water partition coefficient (Wildman–Crippen LogP) is 3.45. The van der Waals surface area contributed by atoms with Crippen LogP contribution in [-0.4, -0.2) is 62.4 Å². The minimum absolute atomic E-state index is 0.577. The maximum Gasteiger partial charge on any atom is 0.227 e. The molecule has 1 fully saturated rings. The number of likely N-dealkylation sites (N-methyl/N-ethyl adjacent to an activating group) is 1. The third-order valence-corrected chi connectivity index (χ3v) is 6.26. The molecule has 31 heavy (non-hydrogen) atoms. The highest BCUT2D eigenvalue weighted by molar-refractivity contribution is 5.83. The molecule has 5 rings (SSSR count). The zero-order valence-corrected chi connectivity index (χ0v) is 18.4. The van der Waals surface area contributed by atoms with Crippen LogP contribution in [0.5, 0.6) is 5.75 Å². The van der Waals surface area contributed by atoms with Gasteiger partial charge < -0.3 is 24.6 Å². The van der Waals surface area contributed by atoms with Gasteiger partial charge in [0.05, 0.1) is 24.9 Å². The maximum absolute atomic E-state index is 5.65. The van der Waals surface area contributed by atoms with Crippen LogP contribution in [0.1, 0.15) is 11.1 Å². The van der Waals surface area contributed by atoms with E-state index in [4.69, 9.17) is 14.5 Å². The third-order valence-electron chi connectivity index (χ3n) is 6.26. The van der Waals surface area contributed by atoms with Crippen LogP contribution in [0.25, 0.3) is 10.9 Å². The lowest BCUT2D eigenvalue weighted by Gasteiger charge is -2.40. The fraction of sp³-hybridized carbons (Fsp3) is 0.417. The number of hydrogen-bond donors (Lipinski definition) is 1. The Morgan fingerprint density at radius 2 is 2.00 bits per heavy atom. The summed E-state index contributed by atoms with van der Waals surface area (Å²) in [7, 11) is 5.62. The second-order valence-corrected chi connectivity index (χ2v) is 8.60. The van der Waals surface area contributed by atoms with E-state index in [1.807, 2.05) is 6.20 Å². The van der Waals surface area contributed by atoms with Crippen molar-refractivity contribution in [2.45, 2.75) is 13.0 Å². The maximum atomic E-state index is 5.65. The first-order chi connectivity index (χ1) is 15.1. The van der Waals surface area contributed by atoms with Gasteiger partial charge in [-0.3, -0.25) is 0 Å². The van der Waals surface area contributed by atoms with Gasteiger partial charge in [0, 0.05) is 56.5 Å². The first-order valence-electron chi connectivity index (χ1n) is 10.8. The topological polar surface area (TPSA) is 62.8 Å². The molecule has 7 nitrogen and oxygen atoms in total. The van der Waals surface area contributed by atoms with Crippen LogP contribution in [0.4, 0.5) is 17.3 Å². The van der Waals surface area contributed by atoms with Gasteiger partial charge in [-0.05, 0) is 54.9 Å². The summed E-state index contributed by atoms with van der Waals surface area (Å²) in [4.78, 5) is 14.0. The molecule has 0 aliphatic carbocycles. The quantitative estimate of drug-likeness (QED) is 0.657. The van der Waals surface area contributed by atoms with E-state index in [1.165, 1.54) is 16.8 Å². The van der Waals surface area contributed by atoms with Crippen molar-refractivity contribution in [3.63, 3.8) is 0 Å². The molecule has 0 bridgehead atoms. The number of methoxy groups -OCH3 is 2. The summed E-state index contributed by atoms with van der Waals surface area (Å²) in [6.45, 7) is 4.88. The molecule has 1 aromatic heterocycles. The molecule has 0 radical (unpaired) electrons. The third kappa shape index (κ3) is 4.03. The molecular formula is C24H29N5O2. The monoisotopic (exact) mass is 419 g/mol. The van der Waals surface area contributed by atoms with Gasteiger partial charge in [0.2, 0.25) is 5.95 Å². The summed E-state index contributed by atoms with van der Waals surface area (Å²) >= 11 is 0. The molecule has 162 valence electrons. The van der Waals surface area contributed by atoms with E-state index >= 15 is 0 Å². The standard InChI is InChI=1S/C24H29N5O2/c1-28-7-6-17-9-23(31-3)22(8-19(17)14-28)27-24-25-11-18-4-5-20(10-21(18)26-24)29-12-16(13-29)15-30-2/h4-5,8-11,16H,6-7,12-15H2,1-3H3,(H,25,26,27). The van der Waals surface area contributed by atoms with Gasteiger partial charge in [0.1, 0.15) is 5.75 Å².